The van der Waals surface area contributed by atoms with Gasteiger partial charge >= 0.3 is 5.97 Å². The molecule has 4 nitrogen and oxygen atoms in total. The van der Waals surface area contributed by atoms with Crippen molar-refractivity contribution in [2.75, 3.05) is 5.32 Å². The molecule has 0 heterocycles. The number of carboxylic acid groups (broad SMARTS) is 1. The van der Waals surface area contributed by atoms with Crippen molar-refractivity contribution in [1.29, 1.82) is 0 Å². The fraction of sp³-hybridized carbons (Fsp3) is 0.360. The smallest absolute Gasteiger partial charge is 0.337 e. The van der Waals surface area contributed by atoms with Crippen LogP contribution < -0.4 is 5.32 Å². The van der Waals surface area contributed by atoms with E-state index in [9.17, 15) is 14.7 Å². The molecule has 0 fully saturated rings. The van der Waals surface area contributed by atoms with Gasteiger partial charge in [-0.25, -0.2) is 4.79 Å². The molecular formula is C25H29NO3. The number of allylic oxidation sites excluding steroid dienone is 1. The predicted molar refractivity (Wildman–Crippen MR) is 117 cm³/mol. The zero-order valence-corrected chi connectivity index (χ0v) is 17.8. The molecule has 0 unspecified atom stereocenters. The Kier molecular flexibility index (Phi) is 5.40. The minimum absolute atomic E-state index is 0.0738. The molecule has 1 aliphatic carbocycles. The third kappa shape index (κ3) is 4.26. The van der Waals surface area contributed by atoms with Crippen molar-refractivity contribution in [3.63, 3.8) is 0 Å². The van der Waals surface area contributed by atoms with E-state index in [0.29, 0.717) is 5.69 Å². The number of anilines is 1. The van der Waals surface area contributed by atoms with E-state index in [-0.39, 0.29) is 22.3 Å². The van der Waals surface area contributed by atoms with E-state index in [1.807, 2.05) is 6.92 Å². The number of carboxylic acids is 1. The molecule has 0 saturated carbocycles. The minimum Gasteiger partial charge on any atom is -0.478 e. The van der Waals surface area contributed by atoms with Gasteiger partial charge in [-0.15, -0.1) is 0 Å². The first-order chi connectivity index (χ1) is 13.5. The molecule has 0 aromatic heterocycles. The van der Waals surface area contributed by atoms with E-state index in [4.69, 9.17) is 0 Å². The third-order valence-corrected chi connectivity index (χ3v) is 6.07. The zero-order chi connectivity index (χ0) is 21.4. The first kappa shape index (κ1) is 20.8. The Bertz CT molecular complexity index is 999. The molecule has 3 rings (SSSR count). The second kappa shape index (κ2) is 7.51. The van der Waals surface area contributed by atoms with Crippen LogP contribution in [0.2, 0.25) is 0 Å². The Balaban J connectivity index is 1.89. The monoisotopic (exact) mass is 391 g/mol. The lowest BCUT2D eigenvalue weighted by Gasteiger charge is -2.42. The van der Waals surface area contributed by atoms with Gasteiger partial charge in [0.25, 0.3) is 0 Å². The Morgan fingerprint density at radius 3 is 2.24 bits per heavy atom. The number of benzene rings is 2. The number of carbonyl (C=O) groups is 2. The maximum absolute atomic E-state index is 12.5. The molecule has 2 N–H and O–H groups in total. The summed E-state index contributed by atoms with van der Waals surface area (Å²) in [4.78, 5) is 23.8. The largest absolute Gasteiger partial charge is 0.478 e. The van der Waals surface area contributed by atoms with Crippen LogP contribution in [0.1, 0.15) is 74.5 Å². The van der Waals surface area contributed by atoms with Crippen LogP contribution in [-0.4, -0.2) is 17.0 Å². The molecule has 2 aromatic rings. The number of hydrogen-bond acceptors (Lipinski definition) is 2. The number of aromatic carboxylic acids is 1. The highest BCUT2D eigenvalue weighted by molar-refractivity contribution is 6.07. The maximum Gasteiger partial charge on any atom is 0.337 e. The summed E-state index contributed by atoms with van der Waals surface area (Å²) in [7, 11) is 0. The van der Waals surface area contributed by atoms with Crippen molar-refractivity contribution in [3.8, 4) is 0 Å². The van der Waals surface area contributed by atoms with Gasteiger partial charge in [0, 0.05) is 6.08 Å². The summed E-state index contributed by atoms with van der Waals surface area (Å²) in [6.07, 6.45) is 3.82. The van der Waals surface area contributed by atoms with Crippen LogP contribution in [0.3, 0.4) is 0 Å². The van der Waals surface area contributed by atoms with Gasteiger partial charge in [-0.1, -0.05) is 58.0 Å². The molecule has 152 valence electrons. The molecule has 1 amide bonds. The maximum atomic E-state index is 12.5. The Morgan fingerprint density at radius 1 is 0.966 bits per heavy atom. The average Bonchev–Trinajstić information content (AvgIpc) is 2.65. The minimum atomic E-state index is -1.07. The topological polar surface area (TPSA) is 66.4 Å². The SMILES string of the molecule is C/C(=C/C(=O)Nc1ccccc1C(=O)O)c1ccc2c(c1)C(C)(C)CCC2(C)C. The van der Waals surface area contributed by atoms with Gasteiger partial charge in [-0.3, -0.25) is 4.79 Å². The van der Waals surface area contributed by atoms with Crippen molar-refractivity contribution in [3.05, 3.63) is 70.8 Å². The number of fused-ring (bicyclic) bond motifs is 1. The summed E-state index contributed by atoms with van der Waals surface area (Å²) >= 11 is 0. The average molecular weight is 392 g/mol. The van der Waals surface area contributed by atoms with E-state index >= 15 is 0 Å². The zero-order valence-electron chi connectivity index (χ0n) is 17.8. The van der Waals surface area contributed by atoms with Crippen LogP contribution >= 0.6 is 0 Å². The fourth-order valence-corrected chi connectivity index (χ4v) is 4.06. The van der Waals surface area contributed by atoms with Crippen LogP contribution in [0, 0.1) is 0 Å². The molecule has 0 atom stereocenters. The van der Waals surface area contributed by atoms with Gasteiger partial charge in [0.15, 0.2) is 0 Å². The Hall–Kier alpha value is -2.88. The van der Waals surface area contributed by atoms with E-state index in [1.165, 1.54) is 23.3 Å². The fourth-order valence-electron chi connectivity index (χ4n) is 4.06. The van der Waals surface area contributed by atoms with Crippen LogP contribution in [0.25, 0.3) is 5.57 Å². The van der Waals surface area contributed by atoms with Gasteiger partial charge in [0.2, 0.25) is 5.91 Å². The summed E-state index contributed by atoms with van der Waals surface area (Å²) in [6.45, 7) is 11.0. The molecule has 29 heavy (non-hydrogen) atoms. The van der Waals surface area contributed by atoms with Crippen molar-refractivity contribution in [1.82, 2.24) is 0 Å². The van der Waals surface area contributed by atoms with Crippen molar-refractivity contribution in [2.24, 2.45) is 0 Å². The number of amides is 1. The molecule has 4 heteroatoms. The van der Waals surface area contributed by atoms with Crippen molar-refractivity contribution in [2.45, 2.75) is 58.3 Å². The van der Waals surface area contributed by atoms with Gasteiger partial charge < -0.3 is 10.4 Å². The number of rotatable bonds is 4. The highest BCUT2D eigenvalue weighted by atomic mass is 16.4. The number of carbonyl (C=O) groups excluding carboxylic acids is 1. The van der Waals surface area contributed by atoms with Crippen LogP contribution in [-0.2, 0) is 15.6 Å². The molecule has 0 radical (unpaired) electrons. The first-order valence-corrected chi connectivity index (χ1v) is 9.98. The number of para-hydroxylation sites is 1. The highest BCUT2D eigenvalue weighted by Gasteiger charge is 2.36. The second-order valence-corrected chi connectivity index (χ2v) is 9.20. The predicted octanol–water partition coefficient (Wildman–Crippen LogP) is 5.78. The molecule has 1 aliphatic rings. The summed E-state index contributed by atoms with van der Waals surface area (Å²) in [5.41, 5.74) is 5.20. The molecule has 2 aromatic carbocycles. The normalized spacial score (nSPS) is 17.3. The lowest BCUT2D eigenvalue weighted by atomic mass is 9.63. The lowest BCUT2D eigenvalue weighted by molar-refractivity contribution is -0.111. The van der Waals surface area contributed by atoms with Gasteiger partial charge in [0.1, 0.15) is 0 Å². The van der Waals surface area contributed by atoms with E-state index < -0.39 is 5.97 Å². The third-order valence-electron chi connectivity index (χ3n) is 6.07. The standard InChI is InChI=1S/C25H29NO3/c1-16(14-22(27)26-21-9-7-6-8-18(21)23(28)29)17-10-11-19-20(15-17)25(4,5)13-12-24(19,2)3/h6-11,14-15H,12-13H2,1-5H3,(H,26,27)(H,28,29)/b16-14-. The van der Waals surface area contributed by atoms with Crippen molar-refractivity contribution >= 4 is 23.1 Å². The Labute approximate surface area is 172 Å². The van der Waals surface area contributed by atoms with E-state index in [0.717, 1.165) is 24.0 Å². The van der Waals surface area contributed by atoms with Crippen LogP contribution in [0.5, 0.6) is 0 Å². The van der Waals surface area contributed by atoms with Crippen LogP contribution in [0.4, 0.5) is 5.69 Å². The summed E-state index contributed by atoms with van der Waals surface area (Å²) in [6, 6.07) is 12.9. The molecule has 0 spiro atoms. The van der Waals surface area contributed by atoms with Gasteiger partial charge in [0.05, 0.1) is 11.3 Å². The van der Waals surface area contributed by atoms with Crippen molar-refractivity contribution < 1.29 is 14.7 Å². The second-order valence-electron chi connectivity index (χ2n) is 9.20. The molecule has 0 aliphatic heterocycles. The van der Waals surface area contributed by atoms with E-state index in [2.05, 4.69) is 51.2 Å². The number of nitrogens with one attached hydrogen (secondary N) is 1. The Morgan fingerprint density at radius 2 is 1.59 bits per heavy atom. The van der Waals surface area contributed by atoms with Gasteiger partial charge in [-0.2, -0.15) is 0 Å². The van der Waals surface area contributed by atoms with Crippen LogP contribution in [0.15, 0.2) is 48.5 Å². The molecular weight excluding hydrogens is 362 g/mol. The lowest BCUT2D eigenvalue weighted by Crippen LogP contribution is -2.33. The number of hydrogen-bond donors (Lipinski definition) is 2. The molecule has 0 saturated heterocycles. The van der Waals surface area contributed by atoms with E-state index in [1.54, 1.807) is 18.2 Å². The quantitative estimate of drug-likeness (QED) is 0.650. The first-order valence-electron chi connectivity index (χ1n) is 9.98. The summed E-state index contributed by atoms with van der Waals surface area (Å²) in [5, 5.41) is 12.0. The summed E-state index contributed by atoms with van der Waals surface area (Å²) < 4.78 is 0. The van der Waals surface area contributed by atoms with Gasteiger partial charge in [-0.05, 0) is 65.0 Å². The highest BCUT2D eigenvalue weighted by Crippen LogP contribution is 2.46. The molecule has 0 bridgehead atoms. The summed E-state index contributed by atoms with van der Waals surface area (Å²) in [5.74, 6) is -1.41.